The van der Waals surface area contributed by atoms with Crippen LogP contribution in [0.5, 0.6) is 0 Å². The Hall–Kier alpha value is -2.00. The quantitative estimate of drug-likeness (QED) is 0.371. The Labute approximate surface area is 109 Å². The highest BCUT2D eigenvalue weighted by molar-refractivity contribution is 5.63. The molecule has 0 amide bonds. The molecule has 1 saturated carbocycles. The van der Waals surface area contributed by atoms with Crippen molar-refractivity contribution in [1.82, 2.24) is 9.97 Å². The van der Waals surface area contributed by atoms with Crippen LogP contribution in [-0.4, -0.2) is 39.2 Å². The molecule has 0 aromatic carbocycles. The number of nitrogens with one attached hydrogen (secondary N) is 1. The molecule has 1 heterocycles. The van der Waals surface area contributed by atoms with E-state index in [0.29, 0.717) is 6.54 Å². The van der Waals surface area contributed by atoms with Gasteiger partial charge in [0.05, 0.1) is 11.5 Å². The van der Waals surface area contributed by atoms with Gasteiger partial charge in [0.25, 0.3) is 0 Å². The second-order valence-electron chi connectivity index (χ2n) is 4.35. The van der Waals surface area contributed by atoms with Crippen molar-refractivity contribution >= 4 is 17.5 Å². The van der Waals surface area contributed by atoms with Crippen LogP contribution in [0.1, 0.15) is 18.5 Å². The van der Waals surface area contributed by atoms with Gasteiger partial charge < -0.3 is 10.0 Å². The van der Waals surface area contributed by atoms with E-state index >= 15 is 0 Å². The molecule has 1 aliphatic rings. The van der Waals surface area contributed by atoms with Crippen molar-refractivity contribution < 1.29 is 10.0 Å². The molecule has 0 spiro atoms. The van der Waals surface area contributed by atoms with Gasteiger partial charge in [0, 0.05) is 12.6 Å². The number of nitrogen functional groups attached to an aromatic ring is 1. The van der Waals surface area contributed by atoms with E-state index in [2.05, 4.69) is 15.4 Å². The zero-order valence-corrected chi connectivity index (χ0v) is 10.5. The summed E-state index contributed by atoms with van der Waals surface area (Å²) in [6.45, 7) is 1.74. The van der Waals surface area contributed by atoms with Crippen molar-refractivity contribution in [2.45, 2.75) is 25.8 Å². The summed E-state index contributed by atoms with van der Waals surface area (Å²) >= 11 is 0. The number of rotatable bonds is 6. The summed E-state index contributed by atoms with van der Waals surface area (Å²) in [5, 5.41) is 20.3. The normalized spacial score (nSPS) is 14.3. The van der Waals surface area contributed by atoms with Gasteiger partial charge >= 0.3 is 5.69 Å². The highest BCUT2D eigenvalue weighted by atomic mass is 16.6. The molecular formula is C10H16N6O3. The van der Waals surface area contributed by atoms with E-state index in [-0.39, 0.29) is 35.8 Å². The molecular weight excluding hydrogens is 252 g/mol. The van der Waals surface area contributed by atoms with Gasteiger partial charge in [0.2, 0.25) is 11.8 Å². The monoisotopic (exact) mass is 268 g/mol. The number of hydrazine groups is 1. The molecule has 19 heavy (non-hydrogen) atoms. The number of aliphatic hydroxyl groups excluding tert-OH is 1. The lowest BCUT2D eigenvalue weighted by Gasteiger charge is -2.22. The summed E-state index contributed by atoms with van der Waals surface area (Å²) in [7, 11) is 0. The number of aliphatic hydroxyl groups is 1. The molecule has 1 aromatic heterocycles. The van der Waals surface area contributed by atoms with Gasteiger partial charge in [0.1, 0.15) is 5.69 Å². The van der Waals surface area contributed by atoms with Crippen LogP contribution in [0.4, 0.5) is 17.5 Å². The van der Waals surface area contributed by atoms with Crippen LogP contribution in [-0.2, 0) is 0 Å². The standard InChI is InChI=1S/C10H16N6O3/c1-6-8(16(18)19)9(13-10(12-6)14-11)15(4-5-17)7-2-3-7/h7,17H,2-5,11H2,1H3,(H,12,13,14). The molecule has 1 aromatic rings. The van der Waals surface area contributed by atoms with E-state index in [1.54, 1.807) is 4.90 Å². The first-order valence-corrected chi connectivity index (χ1v) is 5.95. The Morgan fingerprint density at radius 2 is 2.26 bits per heavy atom. The van der Waals surface area contributed by atoms with Crippen molar-refractivity contribution in [3.63, 3.8) is 0 Å². The fraction of sp³-hybridized carbons (Fsp3) is 0.600. The minimum atomic E-state index is -0.502. The highest BCUT2D eigenvalue weighted by Gasteiger charge is 2.35. The van der Waals surface area contributed by atoms with Gasteiger partial charge in [-0.1, -0.05) is 0 Å². The average Bonchev–Trinajstić information content (AvgIpc) is 3.18. The molecule has 9 heteroatoms. The molecule has 0 radical (unpaired) electrons. The van der Waals surface area contributed by atoms with E-state index in [0.717, 1.165) is 12.8 Å². The molecule has 0 atom stereocenters. The SMILES string of the molecule is Cc1nc(NN)nc(N(CCO)C2CC2)c1[N+](=O)[O-]. The van der Waals surface area contributed by atoms with Crippen LogP contribution in [0.2, 0.25) is 0 Å². The zero-order valence-electron chi connectivity index (χ0n) is 10.5. The summed E-state index contributed by atoms with van der Waals surface area (Å²) in [6, 6.07) is 0.186. The maximum atomic E-state index is 11.2. The van der Waals surface area contributed by atoms with Crippen LogP contribution in [0.15, 0.2) is 0 Å². The average molecular weight is 268 g/mol. The lowest BCUT2D eigenvalue weighted by atomic mass is 10.3. The third-order valence-electron chi connectivity index (χ3n) is 2.95. The maximum Gasteiger partial charge on any atom is 0.332 e. The Morgan fingerprint density at radius 1 is 1.58 bits per heavy atom. The Balaban J connectivity index is 2.50. The van der Waals surface area contributed by atoms with Crippen LogP contribution in [0.25, 0.3) is 0 Å². The molecule has 0 unspecified atom stereocenters. The fourth-order valence-corrected chi connectivity index (χ4v) is 1.99. The van der Waals surface area contributed by atoms with Crippen molar-refractivity contribution in [2.75, 3.05) is 23.5 Å². The highest BCUT2D eigenvalue weighted by Crippen LogP contribution is 2.36. The number of nitro groups is 1. The topological polar surface area (TPSA) is 130 Å². The van der Waals surface area contributed by atoms with Gasteiger partial charge in [-0.15, -0.1) is 0 Å². The molecule has 0 saturated heterocycles. The third-order valence-corrected chi connectivity index (χ3v) is 2.95. The molecule has 4 N–H and O–H groups in total. The maximum absolute atomic E-state index is 11.2. The van der Waals surface area contributed by atoms with Gasteiger partial charge in [-0.25, -0.2) is 10.8 Å². The first-order chi connectivity index (χ1) is 9.08. The first kappa shape index (κ1) is 13.4. The summed E-state index contributed by atoms with van der Waals surface area (Å²) in [4.78, 5) is 20.4. The second-order valence-corrected chi connectivity index (χ2v) is 4.35. The van der Waals surface area contributed by atoms with E-state index in [9.17, 15) is 10.1 Å². The number of nitrogens with two attached hydrogens (primary N) is 1. The van der Waals surface area contributed by atoms with Gasteiger partial charge in [-0.05, 0) is 19.8 Å². The predicted molar refractivity (Wildman–Crippen MR) is 68.7 cm³/mol. The largest absolute Gasteiger partial charge is 0.395 e. The van der Waals surface area contributed by atoms with Crippen molar-refractivity contribution in [3.05, 3.63) is 15.8 Å². The first-order valence-electron chi connectivity index (χ1n) is 5.95. The van der Waals surface area contributed by atoms with E-state index in [1.807, 2.05) is 0 Å². The number of aromatic nitrogens is 2. The van der Waals surface area contributed by atoms with E-state index in [1.165, 1.54) is 6.92 Å². The third kappa shape index (κ3) is 2.71. The minimum absolute atomic E-state index is 0.0951. The van der Waals surface area contributed by atoms with Crippen LogP contribution in [0, 0.1) is 17.0 Å². The summed E-state index contributed by atoms with van der Waals surface area (Å²) in [5.74, 6) is 5.60. The molecule has 0 bridgehead atoms. The predicted octanol–water partition coefficient (Wildman–Crippen LogP) is -0.0601. The Bertz CT molecular complexity index is 490. The van der Waals surface area contributed by atoms with Crippen LogP contribution in [0.3, 0.4) is 0 Å². The zero-order chi connectivity index (χ0) is 14.0. The number of aryl methyl sites for hydroxylation is 1. The minimum Gasteiger partial charge on any atom is -0.395 e. The molecule has 0 aliphatic heterocycles. The molecule has 1 aliphatic carbocycles. The van der Waals surface area contributed by atoms with Gasteiger partial charge in [0.15, 0.2) is 0 Å². The van der Waals surface area contributed by atoms with Crippen molar-refractivity contribution in [2.24, 2.45) is 5.84 Å². The Morgan fingerprint density at radius 3 is 2.74 bits per heavy atom. The molecule has 104 valence electrons. The lowest BCUT2D eigenvalue weighted by molar-refractivity contribution is -0.385. The summed E-state index contributed by atoms with van der Waals surface area (Å²) in [6.07, 6.45) is 1.87. The smallest absolute Gasteiger partial charge is 0.332 e. The summed E-state index contributed by atoms with van der Waals surface area (Å²) in [5.41, 5.74) is 2.40. The number of nitrogens with zero attached hydrogens (tertiary/aromatic N) is 4. The van der Waals surface area contributed by atoms with Gasteiger partial charge in [-0.3, -0.25) is 15.5 Å². The van der Waals surface area contributed by atoms with Crippen LogP contribution >= 0.6 is 0 Å². The van der Waals surface area contributed by atoms with Crippen LogP contribution < -0.4 is 16.2 Å². The number of hydrogen-bond acceptors (Lipinski definition) is 8. The molecule has 1 fully saturated rings. The van der Waals surface area contributed by atoms with E-state index in [4.69, 9.17) is 10.9 Å². The Kier molecular flexibility index (Phi) is 3.76. The fourth-order valence-electron chi connectivity index (χ4n) is 1.99. The van der Waals surface area contributed by atoms with E-state index < -0.39 is 4.92 Å². The second kappa shape index (κ2) is 5.33. The number of hydrogen-bond donors (Lipinski definition) is 3. The number of anilines is 2. The molecule has 2 rings (SSSR count). The van der Waals surface area contributed by atoms with Crippen molar-refractivity contribution in [1.29, 1.82) is 0 Å². The molecule has 9 nitrogen and oxygen atoms in total. The summed E-state index contributed by atoms with van der Waals surface area (Å²) < 4.78 is 0. The van der Waals surface area contributed by atoms with Gasteiger partial charge in [-0.2, -0.15) is 4.98 Å². The van der Waals surface area contributed by atoms with Crippen molar-refractivity contribution in [3.8, 4) is 0 Å². The lowest BCUT2D eigenvalue weighted by Crippen LogP contribution is -2.31.